The van der Waals surface area contributed by atoms with Gasteiger partial charge in [0.1, 0.15) is 18.1 Å². The molecule has 1 aromatic heterocycles. The van der Waals surface area contributed by atoms with Gasteiger partial charge in [-0.25, -0.2) is 13.2 Å². The number of hydrogen-bond donors (Lipinski definition) is 0. The van der Waals surface area contributed by atoms with E-state index in [2.05, 4.69) is 25.9 Å². The highest BCUT2D eigenvalue weighted by Gasteiger charge is 2.25. The van der Waals surface area contributed by atoms with E-state index in [-0.39, 0.29) is 28.4 Å². The summed E-state index contributed by atoms with van der Waals surface area (Å²) < 4.78 is 40.4. The normalized spacial score (nSPS) is 15.6. The number of piperazine rings is 1. The molecular formula is C18H20BrF3N4O. The number of carbonyl (C=O) groups is 1. The summed E-state index contributed by atoms with van der Waals surface area (Å²) in [6, 6.07) is 6.39. The Morgan fingerprint density at radius 3 is 2.37 bits per heavy atom. The van der Waals surface area contributed by atoms with Crippen LogP contribution in [0.15, 0.2) is 28.7 Å². The van der Waals surface area contributed by atoms with Gasteiger partial charge in [0.2, 0.25) is 5.91 Å². The number of nitrogens with zero attached hydrogens (tertiary/aromatic N) is 4. The highest BCUT2D eigenvalue weighted by Crippen LogP contribution is 2.29. The molecule has 2 heterocycles. The van der Waals surface area contributed by atoms with Crippen LogP contribution in [0.2, 0.25) is 0 Å². The standard InChI is InChI=1S/C18H20BrF3N4O/c1-12-16(19)17(18(21)22)23-26(12)11-15(27)25-8-6-24(7-9-25)10-13-2-4-14(20)5-3-13/h2-5,18H,6-11H2,1H3. The minimum atomic E-state index is -2.69. The van der Waals surface area contributed by atoms with Crippen LogP contribution in [-0.2, 0) is 17.9 Å². The zero-order valence-corrected chi connectivity index (χ0v) is 16.4. The van der Waals surface area contributed by atoms with Crippen LogP contribution >= 0.6 is 15.9 Å². The molecule has 0 N–H and O–H groups in total. The first kappa shape index (κ1) is 19.9. The SMILES string of the molecule is Cc1c(Br)c(C(F)F)nn1CC(=O)N1CCN(Cc2ccc(F)cc2)CC1. The Bertz CT molecular complexity index is 802. The van der Waals surface area contributed by atoms with Crippen molar-refractivity contribution in [2.24, 2.45) is 0 Å². The van der Waals surface area contributed by atoms with Gasteiger partial charge in [-0.3, -0.25) is 14.4 Å². The highest BCUT2D eigenvalue weighted by atomic mass is 79.9. The second-order valence-corrected chi connectivity index (χ2v) is 7.32. The van der Waals surface area contributed by atoms with Gasteiger partial charge >= 0.3 is 0 Å². The van der Waals surface area contributed by atoms with Crippen molar-refractivity contribution in [3.63, 3.8) is 0 Å². The molecule has 5 nitrogen and oxygen atoms in total. The number of rotatable bonds is 5. The molecule has 0 saturated carbocycles. The molecule has 1 fully saturated rings. The summed E-state index contributed by atoms with van der Waals surface area (Å²) in [5.74, 6) is -0.403. The molecule has 0 atom stereocenters. The Morgan fingerprint density at radius 1 is 1.19 bits per heavy atom. The Balaban J connectivity index is 1.54. The summed E-state index contributed by atoms with van der Waals surface area (Å²) in [6.45, 7) is 4.81. The van der Waals surface area contributed by atoms with Gasteiger partial charge in [0, 0.05) is 32.7 Å². The van der Waals surface area contributed by atoms with E-state index >= 15 is 0 Å². The predicted molar refractivity (Wildman–Crippen MR) is 97.9 cm³/mol. The van der Waals surface area contributed by atoms with Gasteiger partial charge < -0.3 is 4.90 Å². The first-order valence-corrected chi connectivity index (χ1v) is 9.40. The molecular weight excluding hydrogens is 425 g/mol. The molecule has 0 spiro atoms. The Morgan fingerprint density at radius 2 is 1.81 bits per heavy atom. The van der Waals surface area contributed by atoms with Crippen molar-refractivity contribution in [2.75, 3.05) is 26.2 Å². The number of alkyl halides is 2. The molecule has 9 heteroatoms. The van der Waals surface area contributed by atoms with E-state index in [1.54, 1.807) is 24.0 Å². The van der Waals surface area contributed by atoms with E-state index in [0.29, 0.717) is 38.4 Å². The van der Waals surface area contributed by atoms with Crippen molar-refractivity contribution >= 4 is 21.8 Å². The Kier molecular flexibility index (Phi) is 6.21. The van der Waals surface area contributed by atoms with Crippen molar-refractivity contribution < 1.29 is 18.0 Å². The van der Waals surface area contributed by atoms with Crippen LogP contribution in [0.1, 0.15) is 23.4 Å². The molecule has 3 rings (SSSR count). The van der Waals surface area contributed by atoms with Crippen molar-refractivity contribution in [1.29, 1.82) is 0 Å². The molecule has 0 unspecified atom stereocenters. The van der Waals surface area contributed by atoms with Crippen LogP contribution in [0.5, 0.6) is 0 Å². The zero-order valence-electron chi connectivity index (χ0n) is 14.8. The van der Waals surface area contributed by atoms with Gasteiger partial charge in [0.25, 0.3) is 6.43 Å². The van der Waals surface area contributed by atoms with E-state index < -0.39 is 6.43 Å². The fraction of sp³-hybridized carbons (Fsp3) is 0.444. The molecule has 0 bridgehead atoms. The van der Waals surface area contributed by atoms with Crippen molar-refractivity contribution in [1.82, 2.24) is 19.6 Å². The summed E-state index contributed by atoms with van der Waals surface area (Å²) in [4.78, 5) is 16.4. The molecule has 1 saturated heterocycles. The fourth-order valence-corrected chi connectivity index (χ4v) is 3.53. The summed E-state index contributed by atoms with van der Waals surface area (Å²) in [5, 5.41) is 3.85. The van der Waals surface area contributed by atoms with Crippen LogP contribution in [-0.4, -0.2) is 51.7 Å². The average molecular weight is 445 g/mol. The molecule has 1 amide bonds. The van der Waals surface area contributed by atoms with Crippen LogP contribution < -0.4 is 0 Å². The number of halogens is 4. The molecule has 0 aliphatic carbocycles. The van der Waals surface area contributed by atoms with Gasteiger partial charge in [-0.05, 0) is 40.5 Å². The van der Waals surface area contributed by atoms with Gasteiger partial charge in [-0.2, -0.15) is 5.10 Å². The minimum Gasteiger partial charge on any atom is -0.339 e. The van der Waals surface area contributed by atoms with Gasteiger partial charge in [0.05, 0.1) is 10.2 Å². The molecule has 1 aliphatic rings. The number of hydrogen-bond acceptors (Lipinski definition) is 3. The number of carbonyl (C=O) groups excluding carboxylic acids is 1. The van der Waals surface area contributed by atoms with E-state index in [0.717, 1.165) is 5.56 Å². The predicted octanol–water partition coefficient (Wildman–Crippen LogP) is 3.38. The molecule has 1 aromatic carbocycles. The summed E-state index contributed by atoms with van der Waals surface area (Å²) in [7, 11) is 0. The molecule has 0 radical (unpaired) electrons. The quantitative estimate of drug-likeness (QED) is 0.709. The van der Waals surface area contributed by atoms with E-state index in [4.69, 9.17) is 0 Å². The largest absolute Gasteiger partial charge is 0.339 e. The van der Waals surface area contributed by atoms with Crippen LogP contribution in [0.25, 0.3) is 0 Å². The highest BCUT2D eigenvalue weighted by molar-refractivity contribution is 9.10. The third kappa shape index (κ3) is 4.70. The maximum Gasteiger partial charge on any atom is 0.283 e. The van der Waals surface area contributed by atoms with Crippen LogP contribution in [0.3, 0.4) is 0 Å². The third-order valence-corrected chi connectivity index (χ3v) is 5.67. The maximum absolute atomic E-state index is 13.0. The fourth-order valence-electron chi connectivity index (χ4n) is 3.07. The summed E-state index contributed by atoms with van der Waals surface area (Å²) >= 11 is 3.11. The third-order valence-electron chi connectivity index (χ3n) is 4.69. The molecule has 146 valence electrons. The van der Waals surface area contributed by atoms with Gasteiger partial charge in [-0.15, -0.1) is 0 Å². The first-order valence-electron chi connectivity index (χ1n) is 8.60. The summed E-state index contributed by atoms with van der Waals surface area (Å²) in [6.07, 6.45) is -2.69. The average Bonchev–Trinajstić information content (AvgIpc) is 2.93. The zero-order chi connectivity index (χ0) is 19.6. The Labute approximate surface area is 163 Å². The molecule has 2 aromatic rings. The lowest BCUT2D eigenvalue weighted by Gasteiger charge is -2.34. The molecule has 1 aliphatic heterocycles. The smallest absolute Gasteiger partial charge is 0.283 e. The van der Waals surface area contributed by atoms with Crippen molar-refractivity contribution in [3.05, 3.63) is 51.5 Å². The van der Waals surface area contributed by atoms with E-state index in [1.807, 2.05) is 0 Å². The number of aromatic nitrogens is 2. The van der Waals surface area contributed by atoms with Gasteiger partial charge in [0.15, 0.2) is 0 Å². The second-order valence-electron chi connectivity index (χ2n) is 6.53. The number of benzene rings is 1. The lowest BCUT2D eigenvalue weighted by molar-refractivity contribution is -0.133. The Hall–Kier alpha value is -1.87. The number of amides is 1. The van der Waals surface area contributed by atoms with Crippen LogP contribution in [0, 0.1) is 12.7 Å². The lowest BCUT2D eigenvalue weighted by Crippen LogP contribution is -2.49. The van der Waals surface area contributed by atoms with E-state index in [9.17, 15) is 18.0 Å². The molecule has 27 heavy (non-hydrogen) atoms. The second kappa shape index (κ2) is 8.43. The topological polar surface area (TPSA) is 41.4 Å². The minimum absolute atomic E-state index is 0.0604. The van der Waals surface area contributed by atoms with Crippen LogP contribution in [0.4, 0.5) is 13.2 Å². The summed E-state index contributed by atoms with van der Waals surface area (Å²) in [5.41, 5.74) is 1.19. The van der Waals surface area contributed by atoms with Crippen molar-refractivity contribution in [2.45, 2.75) is 26.4 Å². The van der Waals surface area contributed by atoms with Crippen molar-refractivity contribution in [3.8, 4) is 0 Å². The first-order chi connectivity index (χ1) is 12.8. The monoisotopic (exact) mass is 444 g/mol. The lowest BCUT2D eigenvalue weighted by atomic mass is 10.2. The van der Waals surface area contributed by atoms with E-state index in [1.165, 1.54) is 16.8 Å². The maximum atomic E-state index is 13.0. The van der Waals surface area contributed by atoms with Gasteiger partial charge in [-0.1, -0.05) is 12.1 Å².